The molecule has 0 aliphatic rings. The smallest absolute Gasteiger partial charge is 0.261 e. The molecule has 2 heterocycles. The lowest BCUT2D eigenvalue weighted by Crippen LogP contribution is -2.21. The van der Waals surface area contributed by atoms with Crippen molar-refractivity contribution in [3.8, 4) is 16.9 Å². The van der Waals surface area contributed by atoms with Crippen molar-refractivity contribution in [1.29, 1.82) is 0 Å². The molecular weight excluding hydrogens is 388 g/mol. The van der Waals surface area contributed by atoms with Crippen LogP contribution >= 0.6 is 0 Å². The number of benzene rings is 3. The van der Waals surface area contributed by atoms with Gasteiger partial charge in [0, 0.05) is 11.8 Å². The third-order valence-corrected chi connectivity index (χ3v) is 5.16. The number of H-pyrrole nitrogens is 1. The Morgan fingerprint density at radius 3 is 2.61 bits per heavy atom. The molecule has 1 N–H and O–H groups in total. The van der Waals surface area contributed by atoms with Gasteiger partial charge in [-0.05, 0) is 41.0 Å². The SMILES string of the molecule is O=c1c2cc(-c3cn[nH]c3)ccc2ncn1Cc1cccc(OCc2ccccc2)c1. The molecule has 0 unspecified atom stereocenters. The molecule has 5 rings (SSSR count). The van der Waals surface area contributed by atoms with E-state index >= 15 is 0 Å². The molecule has 0 bridgehead atoms. The summed E-state index contributed by atoms with van der Waals surface area (Å²) in [6.07, 6.45) is 5.13. The Balaban J connectivity index is 1.40. The Morgan fingerprint density at radius 2 is 1.77 bits per heavy atom. The molecule has 6 heteroatoms. The summed E-state index contributed by atoms with van der Waals surface area (Å²) < 4.78 is 7.54. The molecule has 0 radical (unpaired) electrons. The number of nitrogens with one attached hydrogen (secondary N) is 1. The fraction of sp³-hybridized carbons (Fsp3) is 0.0800. The van der Waals surface area contributed by atoms with Crippen molar-refractivity contribution in [2.24, 2.45) is 0 Å². The first kappa shape index (κ1) is 18.8. The van der Waals surface area contributed by atoms with E-state index in [9.17, 15) is 4.79 Å². The van der Waals surface area contributed by atoms with E-state index in [1.165, 1.54) is 0 Å². The Morgan fingerprint density at radius 1 is 0.903 bits per heavy atom. The van der Waals surface area contributed by atoms with Gasteiger partial charge in [0.25, 0.3) is 5.56 Å². The molecule has 5 aromatic rings. The third kappa shape index (κ3) is 4.09. The summed E-state index contributed by atoms with van der Waals surface area (Å²) in [4.78, 5) is 17.6. The Kier molecular flexibility index (Phi) is 5.02. The van der Waals surface area contributed by atoms with Gasteiger partial charge in [-0.2, -0.15) is 5.10 Å². The van der Waals surface area contributed by atoms with Crippen molar-refractivity contribution in [3.63, 3.8) is 0 Å². The highest BCUT2D eigenvalue weighted by Gasteiger charge is 2.08. The van der Waals surface area contributed by atoms with Gasteiger partial charge in [-0.25, -0.2) is 4.98 Å². The van der Waals surface area contributed by atoms with E-state index in [-0.39, 0.29) is 5.56 Å². The Hall–Kier alpha value is -4.19. The zero-order valence-electron chi connectivity index (χ0n) is 16.7. The summed E-state index contributed by atoms with van der Waals surface area (Å²) in [5.74, 6) is 0.769. The Bertz CT molecular complexity index is 1380. The molecule has 0 aliphatic carbocycles. The van der Waals surface area contributed by atoms with E-state index in [4.69, 9.17) is 4.74 Å². The van der Waals surface area contributed by atoms with Crippen molar-refractivity contribution >= 4 is 10.9 Å². The molecule has 3 aromatic carbocycles. The van der Waals surface area contributed by atoms with E-state index < -0.39 is 0 Å². The zero-order chi connectivity index (χ0) is 21.0. The van der Waals surface area contributed by atoms with Crippen LogP contribution in [-0.4, -0.2) is 19.7 Å². The second kappa shape index (κ2) is 8.28. The van der Waals surface area contributed by atoms with Crippen LogP contribution in [0.25, 0.3) is 22.0 Å². The number of rotatable bonds is 6. The third-order valence-electron chi connectivity index (χ3n) is 5.16. The van der Waals surface area contributed by atoms with Gasteiger partial charge >= 0.3 is 0 Å². The van der Waals surface area contributed by atoms with Gasteiger partial charge in [0.05, 0.1) is 30.0 Å². The number of hydrogen-bond acceptors (Lipinski definition) is 4. The first-order chi connectivity index (χ1) is 15.3. The minimum Gasteiger partial charge on any atom is -0.489 e. The van der Waals surface area contributed by atoms with E-state index in [0.717, 1.165) is 28.0 Å². The summed E-state index contributed by atoms with van der Waals surface area (Å²) >= 11 is 0. The topological polar surface area (TPSA) is 72.8 Å². The molecule has 31 heavy (non-hydrogen) atoms. The quantitative estimate of drug-likeness (QED) is 0.452. The molecule has 2 aromatic heterocycles. The van der Waals surface area contributed by atoms with Gasteiger partial charge in [0.15, 0.2) is 0 Å². The summed E-state index contributed by atoms with van der Waals surface area (Å²) in [7, 11) is 0. The first-order valence-electron chi connectivity index (χ1n) is 10.0. The van der Waals surface area contributed by atoms with Gasteiger partial charge in [0.2, 0.25) is 0 Å². The number of aromatic nitrogens is 4. The molecule has 152 valence electrons. The molecule has 0 atom stereocenters. The maximum Gasteiger partial charge on any atom is 0.261 e. The fourth-order valence-corrected chi connectivity index (χ4v) is 3.53. The van der Waals surface area contributed by atoms with Crippen molar-refractivity contribution in [3.05, 3.63) is 113 Å². The van der Waals surface area contributed by atoms with Crippen LogP contribution in [0.2, 0.25) is 0 Å². The van der Waals surface area contributed by atoms with Crippen LogP contribution in [0.1, 0.15) is 11.1 Å². The van der Waals surface area contributed by atoms with Gasteiger partial charge in [-0.3, -0.25) is 14.5 Å². The Labute approximate surface area is 178 Å². The first-order valence-corrected chi connectivity index (χ1v) is 10.0. The minimum absolute atomic E-state index is 0.0778. The molecule has 0 saturated heterocycles. The highest BCUT2D eigenvalue weighted by molar-refractivity contribution is 5.83. The molecule has 0 fully saturated rings. The summed E-state index contributed by atoms with van der Waals surface area (Å²) in [5.41, 5.74) is 4.53. The molecule has 0 saturated carbocycles. The van der Waals surface area contributed by atoms with E-state index in [0.29, 0.717) is 24.1 Å². The standard InChI is InChI=1S/C25H20N4O2/c30-25-23-12-20(21-13-27-28-14-21)9-10-24(23)26-17-29(25)15-19-7-4-8-22(11-19)31-16-18-5-2-1-3-6-18/h1-14,17H,15-16H2,(H,27,28). The largest absolute Gasteiger partial charge is 0.489 e. The van der Waals surface area contributed by atoms with Gasteiger partial charge in [0.1, 0.15) is 12.4 Å². The van der Waals surface area contributed by atoms with Crippen LogP contribution in [0.5, 0.6) is 5.75 Å². The van der Waals surface area contributed by atoms with Crippen LogP contribution in [0, 0.1) is 0 Å². The normalized spacial score (nSPS) is 11.0. The number of fused-ring (bicyclic) bond motifs is 1. The minimum atomic E-state index is -0.0778. The average Bonchev–Trinajstić information content (AvgIpc) is 3.36. The summed E-state index contributed by atoms with van der Waals surface area (Å²) in [6, 6.07) is 23.5. The number of hydrogen-bond donors (Lipinski definition) is 1. The predicted molar refractivity (Wildman–Crippen MR) is 120 cm³/mol. The van der Waals surface area contributed by atoms with Gasteiger partial charge in [-0.15, -0.1) is 0 Å². The van der Waals surface area contributed by atoms with Crippen LogP contribution in [-0.2, 0) is 13.2 Å². The molecule has 6 nitrogen and oxygen atoms in total. The molecule has 0 amide bonds. The molecular formula is C25H20N4O2. The highest BCUT2D eigenvalue weighted by Crippen LogP contribution is 2.21. The lowest BCUT2D eigenvalue weighted by Gasteiger charge is -2.10. The van der Waals surface area contributed by atoms with E-state index in [2.05, 4.69) is 15.2 Å². The van der Waals surface area contributed by atoms with Crippen molar-refractivity contribution in [2.75, 3.05) is 0 Å². The summed E-state index contributed by atoms with van der Waals surface area (Å²) in [6.45, 7) is 0.915. The maximum atomic E-state index is 13.1. The molecule has 0 aliphatic heterocycles. The van der Waals surface area contributed by atoms with Crippen molar-refractivity contribution in [1.82, 2.24) is 19.7 Å². The highest BCUT2D eigenvalue weighted by atomic mass is 16.5. The number of nitrogens with zero attached hydrogens (tertiary/aromatic N) is 3. The van der Waals surface area contributed by atoms with Crippen LogP contribution < -0.4 is 10.3 Å². The molecule has 0 spiro atoms. The van der Waals surface area contributed by atoms with Gasteiger partial charge < -0.3 is 4.74 Å². The maximum absolute atomic E-state index is 13.1. The monoisotopic (exact) mass is 408 g/mol. The van der Waals surface area contributed by atoms with Gasteiger partial charge in [-0.1, -0.05) is 48.5 Å². The lowest BCUT2D eigenvalue weighted by molar-refractivity contribution is 0.306. The zero-order valence-corrected chi connectivity index (χ0v) is 16.7. The summed E-state index contributed by atoms with van der Waals surface area (Å²) in [5, 5.41) is 7.36. The fourth-order valence-electron chi connectivity index (χ4n) is 3.53. The van der Waals surface area contributed by atoms with Crippen LogP contribution in [0.3, 0.4) is 0 Å². The van der Waals surface area contributed by atoms with Crippen LogP contribution in [0.4, 0.5) is 0 Å². The average molecular weight is 408 g/mol. The van der Waals surface area contributed by atoms with Crippen molar-refractivity contribution < 1.29 is 4.74 Å². The van der Waals surface area contributed by atoms with E-state index in [1.54, 1.807) is 23.3 Å². The number of aromatic amines is 1. The predicted octanol–water partition coefficient (Wildman–Crippen LogP) is 4.41. The van der Waals surface area contributed by atoms with Crippen molar-refractivity contribution in [2.45, 2.75) is 13.2 Å². The second-order valence-corrected chi connectivity index (χ2v) is 7.32. The van der Waals surface area contributed by atoms with Crippen LogP contribution in [0.15, 0.2) is 96.3 Å². The number of ether oxygens (including phenoxy) is 1. The second-order valence-electron chi connectivity index (χ2n) is 7.32. The van der Waals surface area contributed by atoms with E-state index in [1.807, 2.05) is 72.8 Å². The lowest BCUT2D eigenvalue weighted by atomic mass is 10.1.